The van der Waals surface area contributed by atoms with Gasteiger partial charge in [-0.2, -0.15) is 0 Å². The van der Waals surface area contributed by atoms with Crippen LogP contribution in [0.2, 0.25) is 0 Å². The normalized spacial score (nSPS) is 27.0. The van der Waals surface area contributed by atoms with Crippen LogP contribution >= 0.6 is 0 Å². The summed E-state index contributed by atoms with van der Waals surface area (Å²) in [5.41, 5.74) is 7.17. The number of aryl methyl sites for hydroxylation is 2. The molecule has 0 aromatic heterocycles. The molecule has 104 valence electrons. The van der Waals surface area contributed by atoms with Gasteiger partial charge in [-0.3, -0.25) is 4.79 Å². The van der Waals surface area contributed by atoms with Crippen LogP contribution in [0.3, 0.4) is 0 Å². The molecule has 0 bridgehead atoms. The van der Waals surface area contributed by atoms with Crippen LogP contribution in [-0.4, -0.2) is 22.7 Å². The largest absolute Gasteiger partial charge is 0.490 e. The summed E-state index contributed by atoms with van der Waals surface area (Å²) < 4.78 is 5.89. The van der Waals surface area contributed by atoms with Crippen LogP contribution in [0.1, 0.15) is 36.8 Å². The van der Waals surface area contributed by atoms with Gasteiger partial charge in [0, 0.05) is 6.42 Å². The Morgan fingerprint density at radius 3 is 2.79 bits per heavy atom. The zero-order chi connectivity index (χ0) is 14.0. The van der Waals surface area contributed by atoms with Gasteiger partial charge in [0.1, 0.15) is 17.4 Å². The van der Waals surface area contributed by atoms with E-state index in [1.54, 1.807) is 0 Å². The molecule has 1 aromatic rings. The van der Waals surface area contributed by atoms with Crippen LogP contribution in [0.5, 0.6) is 5.75 Å². The molecule has 0 heterocycles. The number of aliphatic carboxylic acids is 1. The zero-order valence-corrected chi connectivity index (χ0v) is 11.5. The molecule has 4 heteroatoms. The average molecular weight is 263 g/mol. The number of hydrogen-bond donors (Lipinski definition) is 2. The molecular formula is C15H21NO3. The highest BCUT2D eigenvalue weighted by atomic mass is 16.5. The first-order valence-corrected chi connectivity index (χ1v) is 6.67. The molecule has 0 spiro atoms. The Kier molecular flexibility index (Phi) is 3.80. The third-order valence-corrected chi connectivity index (χ3v) is 3.95. The molecular weight excluding hydrogens is 242 g/mol. The van der Waals surface area contributed by atoms with Gasteiger partial charge in [-0.1, -0.05) is 6.07 Å². The van der Waals surface area contributed by atoms with E-state index in [2.05, 4.69) is 6.92 Å². The second kappa shape index (κ2) is 5.21. The summed E-state index contributed by atoms with van der Waals surface area (Å²) >= 11 is 0. The summed E-state index contributed by atoms with van der Waals surface area (Å²) in [5.74, 6) is -0.136. The first kappa shape index (κ1) is 13.9. The van der Waals surface area contributed by atoms with E-state index in [-0.39, 0.29) is 6.10 Å². The van der Waals surface area contributed by atoms with Crippen molar-refractivity contribution in [2.45, 2.75) is 51.2 Å². The van der Waals surface area contributed by atoms with Crippen LogP contribution in [0.25, 0.3) is 0 Å². The second-order valence-electron chi connectivity index (χ2n) is 5.54. The third kappa shape index (κ3) is 3.07. The maximum absolute atomic E-state index is 11.2. The molecule has 1 aromatic carbocycles. The van der Waals surface area contributed by atoms with Gasteiger partial charge in [0.2, 0.25) is 0 Å². The van der Waals surface area contributed by atoms with Gasteiger partial charge < -0.3 is 15.6 Å². The first-order chi connectivity index (χ1) is 8.90. The van der Waals surface area contributed by atoms with Crippen LogP contribution in [-0.2, 0) is 4.79 Å². The summed E-state index contributed by atoms with van der Waals surface area (Å²) in [6.07, 6.45) is 2.43. The molecule has 1 saturated carbocycles. The molecule has 1 aliphatic rings. The Hall–Kier alpha value is -1.55. The summed E-state index contributed by atoms with van der Waals surface area (Å²) in [5, 5.41) is 9.18. The van der Waals surface area contributed by atoms with E-state index in [1.807, 2.05) is 25.1 Å². The van der Waals surface area contributed by atoms with Gasteiger partial charge in [0.15, 0.2) is 0 Å². The molecule has 1 aliphatic carbocycles. The molecule has 19 heavy (non-hydrogen) atoms. The van der Waals surface area contributed by atoms with Crippen molar-refractivity contribution in [2.75, 3.05) is 0 Å². The van der Waals surface area contributed by atoms with Crippen LogP contribution < -0.4 is 10.5 Å². The SMILES string of the molecule is Cc1ccc(OC2CCCC(N)(C(=O)O)C2)cc1C. The monoisotopic (exact) mass is 263 g/mol. The Morgan fingerprint density at radius 1 is 1.42 bits per heavy atom. The minimum absolute atomic E-state index is 0.114. The lowest BCUT2D eigenvalue weighted by Crippen LogP contribution is -2.53. The molecule has 2 atom stereocenters. The van der Waals surface area contributed by atoms with Crippen LogP contribution in [0.4, 0.5) is 0 Å². The van der Waals surface area contributed by atoms with E-state index in [0.717, 1.165) is 18.6 Å². The highest BCUT2D eigenvalue weighted by Crippen LogP contribution is 2.30. The molecule has 0 amide bonds. The molecule has 0 aliphatic heterocycles. The lowest BCUT2D eigenvalue weighted by Gasteiger charge is -2.34. The minimum atomic E-state index is -1.14. The zero-order valence-electron chi connectivity index (χ0n) is 11.5. The number of carbonyl (C=O) groups is 1. The Morgan fingerprint density at radius 2 is 2.16 bits per heavy atom. The van der Waals surface area contributed by atoms with Gasteiger partial charge in [-0.05, 0) is 56.4 Å². The standard InChI is InChI=1S/C15H21NO3/c1-10-5-6-12(8-11(10)2)19-13-4-3-7-15(16,9-13)14(17)18/h5-6,8,13H,3-4,7,9,16H2,1-2H3,(H,17,18). The number of benzene rings is 1. The molecule has 3 N–H and O–H groups in total. The number of rotatable bonds is 3. The summed E-state index contributed by atoms with van der Waals surface area (Å²) in [4.78, 5) is 11.2. The van der Waals surface area contributed by atoms with Gasteiger partial charge >= 0.3 is 5.97 Å². The molecule has 2 unspecified atom stereocenters. The smallest absolute Gasteiger partial charge is 0.323 e. The fourth-order valence-corrected chi connectivity index (χ4v) is 2.53. The van der Waals surface area contributed by atoms with Crippen molar-refractivity contribution in [3.05, 3.63) is 29.3 Å². The van der Waals surface area contributed by atoms with Gasteiger partial charge in [-0.15, -0.1) is 0 Å². The number of nitrogens with two attached hydrogens (primary N) is 1. The average Bonchev–Trinajstić information content (AvgIpc) is 2.34. The molecule has 4 nitrogen and oxygen atoms in total. The lowest BCUT2D eigenvalue weighted by atomic mass is 9.81. The summed E-state index contributed by atoms with van der Waals surface area (Å²) in [7, 11) is 0. The molecule has 2 rings (SSSR count). The number of ether oxygens (including phenoxy) is 1. The van der Waals surface area contributed by atoms with Crippen LogP contribution in [0.15, 0.2) is 18.2 Å². The van der Waals surface area contributed by atoms with Crippen molar-refractivity contribution in [3.8, 4) is 5.75 Å². The van der Waals surface area contributed by atoms with Crippen molar-refractivity contribution in [3.63, 3.8) is 0 Å². The van der Waals surface area contributed by atoms with Crippen molar-refractivity contribution in [1.29, 1.82) is 0 Å². The van der Waals surface area contributed by atoms with Gasteiger partial charge in [-0.25, -0.2) is 0 Å². The Labute approximate surface area is 113 Å². The molecule has 0 saturated heterocycles. The quantitative estimate of drug-likeness (QED) is 0.878. The lowest BCUT2D eigenvalue weighted by molar-refractivity contribution is -0.145. The number of carboxylic acid groups (broad SMARTS) is 1. The first-order valence-electron chi connectivity index (χ1n) is 6.67. The maximum atomic E-state index is 11.2. The highest BCUT2D eigenvalue weighted by molar-refractivity contribution is 5.78. The minimum Gasteiger partial charge on any atom is -0.490 e. The maximum Gasteiger partial charge on any atom is 0.323 e. The highest BCUT2D eigenvalue weighted by Gasteiger charge is 2.40. The van der Waals surface area contributed by atoms with Crippen LogP contribution in [0, 0.1) is 13.8 Å². The van der Waals surface area contributed by atoms with Gasteiger partial charge in [0.25, 0.3) is 0 Å². The van der Waals surface area contributed by atoms with Crippen molar-refractivity contribution < 1.29 is 14.6 Å². The van der Waals surface area contributed by atoms with Gasteiger partial charge in [0.05, 0.1) is 0 Å². The van der Waals surface area contributed by atoms with Crippen molar-refractivity contribution >= 4 is 5.97 Å². The predicted molar refractivity (Wildman–Crippen MR) is 73.4 cm³/mol. The summed E-state index contributed by atoms with van der Waals surface area (Å²) in [6, 6.07) is 5.93. The van der Waals surface area contributed by atoms with E-state index >= 15 is 0 Å². The molecule has 1 fully saturated rings. The second-order valence-corrected chi connectivity index (χ2v) is 5.54. The molecule has 0 radical (unpaired) electrons. The van der Waals surface area contributed by atoms with E-state index in [0.29, 0.717) is 12.8 Å². The van der Waals surface area contributed by atoms with Crippen molar-refractivity contribution in [1.82, 2.24) is 0 Å². The van der Waals surface area contributed by atoms with E-state index in [4.69, 9.17) is 10.5 Å². The Balaban J connectivity index is 2.06. The fourth-order valence-electron chi connectivity index (χ4n) is 2.53. The van der Waals surface area contributed by atoms with E-state index in [1.165, 1.54) is 11.1 Å². The summed E-state index contributed by atoms with van der Waals surface area (Å²) in [6.45, 7) is 4.09. The third-order valence-electron chi connectivity index (χ3n) is 3.95. The number of hydrogen-bond acceptors (Lipinski definition) is 3. The van der Waals surface area contributed by atoms with E-state index in [9.17, 15) is 9.90 Å². The van der Waals surface area contributed by atoms with Crippen molar-refractivity contribution in [2.24, 2.45) is 5.73 Å². The number of carboxylic acids is 1. The Bertz CT molecular complexity index is 486. The van der Waals surface area contributed by atoms with E-state index < -0.39 is 11.5 Å². The predicted octanol–water partition coefficient (Wildman–Crippen LogP) is 2.41. The topological polar surface area (TPSA) is 72.5 Å². The fraction of sp³-hybridized carbons (Fsp3) is 0.533.